The van der Waals surface area contributed by atoms with Gasteiger partial charge < -0.3 is 15.5 Å². The Morgan fingerprint density at radius 3 is 2.62 bits per heavy atom. The maximum absolute atomic E-state index is 12.9. The summed E-state index contributed by atoms with van der Waals surface area (Å²) in [4.78, 5) is 38.1. The third-order valence-corrected chi connectivity index (χ3v) is 4.40. The lowest BCUT2D eigenvalue weighted by atomic mass is 10.0. The van der Waals surface area contributed by atoms with Gasteiger partial charge in [-0.25, -0.2) is 4.79 Å². The van der Waals surface area contributed by atoms with E-state index < -0.39 is 0 Å². The summed E-state index contributed by atoms with van der Waals surface area (Å²) in [5.74, 6) is -0.138. The van der Waals surface area contributed by atoms with E-state index in [0.717, 1.165) is 5.56 Å². The van der Waals surface area contributed by atoms with Crippen LogP contribution in [0.2, 0.25) is 0 Å². The van der Waals surface area contributed by atoms with Crippen molar-refractivity contribution in [3.05, 3.63) is 65.7 Å². The van der Waals surface area contributed by atoms with Gasteiger partial charge >= 0.3 is 6.03 Å². The Labute approximate surface area is 152 Å². The van der Waals surface area contributed by atoms with Crippen molar-refractivity contribution in [2.75, 3.05) is 18.4 Å². The molecular weight excluding hydrogens is 330 g/mol. The zero-order valence-corrected chi connectivity index (χ0v) is 14.6. The van der Waals surface area contributed by atoms with Crippen LogP contribution in [-0.2, 0) is 4.79 Å². The van der Waals surface area contributed by atoms with Crippen molar-refractivity contribution in [1.29, 1.82) is 0 Å². The molecule has 2 aromatic carbocycles. The molecule has 0 saturated carbocycles. The highest BCUT2D eigenvalue weighted by Crippen LogP contribution is 2.26. The summed E-state index contributed by atoms with van der Waals surface area (Å²) in [6.45, 7) is 2.30. The van der Waals surface area contributed by atoms with E-state index in [-0.39, 0.29) is 30.2 Å². The standard InChI is InChI=1S/C20H21N3O3/c1-14(24)16-8-5-9-17(12-16)22-20(26)23-11-10-21-19(25)13-18(23)15-6-3-2-4-7-15/h2-9,12,18H,10-11,13H2,1H3,(H,21,25)(H,22,26). The quantitative estimate of drug-likeness (QED) is 0.835. The fourth-order valence-corrected chi connectivity index (χ4v) is 3.06. The zero-order chi connectivity index (χ0) is 18.5. The van der Waals surface area contributed by atoms with Crippen LogP contribution in [0.3, 0.4) is 0 Å². The number of carbonyl (C=O) groups is 3. The van der Waals surface area contributed by atoms with E-state index in [1.807, 2.05) is 30.3 Å². The Balaban J connectivity index is 1.84. The Morgan fingerprint density at radius 2 is 1.88 bits per heavy atom. The van der Waals surface area contributed by atoms with Crippen LogP contribution in [0.15, 0.2) is 54.6 Å². The number of hydrogen-bond donors (Lipinski definition) is 2. The average Bonchev–Trinajstić information content (AvgIpc) is 2.84. The summed E-state index contributed by atoms with van der Waals surface area (Å²) < 4.78 is 0. The number of carbonyl (C=O) groups excluding carboxylic acids is 3. The van der Waals surface area contributed by atoms with Gasteiger partial charge in [0, 0.05) is 24.3 Å². The zero-order valence-electron chi connectivity index (χ0n) is 14.6. The first-order valence-electron chi connectivity index (χ1n) is 8.55. The van der Waals surface area contributed by atoms with Gasteiger partial charge in [0.1, 0.15) is 0 Å². The lowest BCUT2D eigenvalue weighted by Crippen LogP contribution is -2.39. The van der Waals surface area contributed by atoms with E-state index in [9.17, 15) is 14.4 Å². The molecule has 2 N–H and O–H groups in total. The number of ketones is 1. The molecule has 0 radical (unpaired) electrons. The maximum Gasteiger partial charge on any atom is 0.322 e. The molecule has 1 saturated heterocycles. The van der Waals surface area contributed by atoms with Crippen LogP contribution >= 0.6 is 0 Å². The second-order valence-corrected chi connectivity index (χ2v) is 6.24. The molecular formula is C20H21N3O3. The summed E-state index contributed by atoms with van der Waals surface area (Å²) in [6.07, 6.45) is 0.213. The monoisotopic (exact) mass is 351 g/mol. The van der Waals surface area contributed by atoms with Crippen molar-refractivity contribution in [2.24, 2.45) is 0 Å². The molecule has 1 atom stereocenters. The highest BCUT2D eigenvalue weighted by molar-refractivity contribution is 5.97. The first-order chi connectivity index (χ1) is 12.5. The van der Waals surface area contributed by atoms with Gasteiger partial charge in [-0.2, -0.15) is 0 Å². The number of rotatable bonds is 3. The predicted octanol–water partition coefficient (Wildman–Crippen LogP) is 2.98. The Bertz CT molecular complexity index is 820. The van der Waals surface area contributed by atoms with E-state index in [0.29, 0.717) is 24.3 Å². The number of anilines is 1. The van der Waals surface area contributed by atoms with Crippen LogP contribution in [0.5, 0.6) is 0 Å². The smallest absolute Gasteiger partial charge is 0.322 e. The van der Waals surface area contributed by atoms with Gasteiger partial charge in [0.2, 0.25) is 5.91 Å². The van der Waals surface area contributed by atoms with Crippen LogP contribution in [-0.4, -0.2) is 35.7 Å². The van der Waals surface area contributed by atoms with E-state index in [2.05, 4.69) is 10.6 Å². The van der Waals surface area contributed by atoms with Gasteiger partial charge in [0.15, 0.2) is 5.78 Å². The van der Waals surface area contributed by atoms with E-state index in [1.54, 1.807) is 29.2 Å². The summed E-state index contributed by atoms with van der Waals surface area (Å²) >= 11 is 0. The van der Waals surface area contributed by atoms with Crippen molar-refractivity contribution in [1.82, 2.24) is 10.2 Å². The van der Waals surface area contributed by atoms with Crippen molar-refractivity contribution in [3.63, 3.8) is 0 Å². The molecule has 0 bridgehead atoms. The highest BCUT2D eigenvalue weighted by atomic mass is 16.2. The molecule has 6 nitrogen and oxygen atoms in total. The minimum Gasteiger partial charge on any atom is -0.354 e. The summed E-state index contributed by atoms with van der Waals surface area (Å²) in [7, 11) is 0. The van der Waals surface area contributed by atoms with Crippen LogP contribution in [0.4, 0.5) is 10.5 Å². The number of hydrogen-bond acceptors (Lipinski definition) is 3. The second kappa shape index (κ2) is 7.82. The van der Waals surface area contributed by atoms with Gasteiger partial charge in [0.05, 0.1) is 12.5 Å². The lowest BCUT2D eigenvalue weighted by molar-refractivity contribution is -0.121. The molecule has 0 spiro atoms. The van der Waals surface area contributed by atoms with E-state index >= 15 is 0 Å². The first kappa shape index (κ1) is 17.7. The minimum absolute atomic E-state index is 0.0622. The van der Waals surface area contributed by atoms with Crippen molar-refractivity contribution < 1.29 is 14.4 Å². The number of amides is 3. The largest absolute Gasteiger partial charge is 0.354 e. The van der Waals surface area contributed by atoms with Crippen LogP contribution < -0.4 is 10.6 Å². The molecule has 3 amide bonds. The Morgan fingerprint density at radius 1 is 1.12 bits per heavy atom. The predicted molar refractivity (Wildman–Crippen MR) is 99.0 cm³/mol. The number of benzene rings is 2. The van der Waals surface area contributed by atoms with Crippen LogP contribution in [0, 0.1) is 0 Å². The minimum atomic E-state index is -0.338. The normalized spacial score (nSPS) is 17.2. The third kappa shape index (κ3) is 4.08. The molecule has 134 valence electrons. The Hall–Kier alpha value is -3.15. The summed E-state index contributed by atoms with van der Waals surface area (Å²) in [5.41, 5.74) is 2.00. The molecule has 6 heteroatoms. The number of urea groups is 1. The van der Waals surface area contributed by atoms with Gasteiger partial charge in [0.25, 0.3) is 0 Å². The molecule has 1 aliphatic heterocycles. The van der Waals surface area contributed by atoms with E-state index in [1.165, 1.54) is 6.92 Å². The summed E-state index contributed by atoms with van der Waals surface area (Å²) in [6, 6.07) is 15.7. The topological polar surface area (TPSA) is 78.5 Å². The van der Waals surface area contributed by atoms with E-state index in [4.69, 9.17) is 0 Å². The molecule has 1 aliphatic rings. The molecule has 2 aromatic rings. The van der Waals surface area contributed by atoms with Crippen LogP contribution in [0.1, 0.15) is 35.3 Å². The number of Topliss-reactive ketones (excluding diaryl/α,β-unsaturated/α-hetero) is 1. The molecule has 3 rings (SSSR count). The molecule has 0 aliphatic carbocycles. The molecule has 26 heavy (non-hydrogen) atoms. The summed E-state index contributed by atoms with van der Waals surface area (Å²) in [5, 5.41) is 5.66. The average molecular weight is 351 g/mol. The highest BCUT2D eigenvalue weighted by Gasteiger charge is 2.29. The number of nitrogens with one attached hydrogen (secondary N) is 2. The van der Waals surface area contributed by atoms with Crippen molar-refractivity contribution in [3.8, 4) is 0 Å². The molecule has 1 fully saturated rings. The van der Waals surface area contributed by atoms with Gasteiger partial charge in [-0.05, 0) is 24.6 Å². The number of nitrogens with zero attached hydrogens (tertiary/aromatic N) is 1. The molecule has 1 unspecified atom stereocenters. The SMILES string of the molecule is CC(=O)c1cccc(NC(=O)N2CCNC(=O)CC2c2ccccc2)c1. The fourth-order valence-electron chi connectivity index (χ4n) is 3.06. The molecule has 1 heterocycles. The van der Waals surface area contributed by atoms with Gasteiger partial charge in [-0.15, -0.1) is 0 Å². The van der Waals surface area contributed by atoms with Gasteiger partial charge in [-0.1, -0.05) is 42.5 Å². The van der Waals surface area contributed by atoms with Crippen molar-refractivity contribution >= 4 is 23.4 Å². The fraction of sp³-hybridized carbons (Fsp3) is 0.250. The van der Waals surface area contributed by atoms with Crippen molar-refractivity contribution in [2.45, 2.75) is 19.4 Å². The van der Waals surface area contributed by atoms with Gasteiger partial charge in [-0.3, -0.25) is 9.59 Å². The lowest BCUT2D eigenvalue weighted by Gasteiger charge is -2.29. The Kier molecular flexibility index (Phi) is 5.31. The van der Waals surface area contributed by atoms with Crippen LogP contribution in [0.25, 0.3) is 0 Å². The second-order valence-electron chi connectivity index (χ2n) is 6.24. The molecule has 0 aromatic heterocycles. The third-order valence-electron chi connectivity index (χ3n) is 4.40. The first-order valence-corrected chi connectivity index (χ1v) is 8.55. The maximum atomic E-state index is 12.9.